The van der Waals surface area contributed by atoms with Gasteiger partial charge in [-0.25, -0.2) is 0 Å². The van der Waals surface area contributed by atoms with E-state index in [0.29, 0.717) is 35.9 Å². The van der Waals surface area contributed by atoms with Crippen LogP contribution in [0.15, 0.2) is 51.2 Å². The number of amides is 1. The van der Waals surface area contributed by atoms with E-state index >= 15 is 0 Å². The third-order valence-corrected chi connectivity index (χ3v) is 5.04. The molecule has 0 saturated carbocycles. The van der Waals surface area contributed by atoms with E-state index in [1.807, 2.05) is 18.2 Å². The second kappa shape index (κ2) is 6.39. The highest BCUT2D eigenvalue weighted by atomic mass is 16.5. The highest BCUT2D eigenvalue weighted by Crippen LogP contribution is 2.39. The van der Waals surface area contributed by atoms with E-state index in [0.717, 1.165) is 0 Å². The molecule has 3 heterocycles. The molecule has 1 spiro atoms. The Labute approximate surface area is 161 Å². The van der Waals surface area contributed by atoms with Crippen molar-refractivity contribution >= 4 is 11.7 Å². The van der Waals surface area contributed by atoms with Gasteiger partial charge >= 0.3 is 0 Å². The number of nitrogens with zero attached hydrogens (tertiary/aromatic N) is 2. The van der Waals surface area contributed by atoms with Crippen LogP contribution in [-0.4, -0.2) is 40.7 Å². The molecule has 3 atom stereocenters. The second-order valence-corrected chi connectivity index (χ2v) is 7.19. The molecule has 0 radical (unpaired) electrons. The first kappa shape index (κ1) is 18.1. The summed E-state index contributed by atoms with van der Waals surface area (Å²) in [6.07, 6.45) is 7.36. The van der Waals surface area contributed by atoms with E-state index in [9.17, 15) is 9.90 Å². The van der Waals surface area contributed by atoms with Gasteiger partial charge in [0, 0.05) is 17.6 Å². The van der Waals surface area contributed by atoms with Crippen LogP contribution in [0.3, 0.4) is 0 Å². The van der Waals surface area contributed by atoms with Crippen LogP contribution < -0.4 is 11.1 Å². The minimum absolute atomic E-state index is 0.0417. The number of amidine groups is 1. The molecule has 1 aromatic rings. The third kappa shape index (κ3) is 3.00. The molecule has 1 amide bonds. The Morgan fingerprint density at radius 2 is 2.32 bits per heavy atom. The average molecular weight is 380 g/mol. The summed E-state index contributed by atoms with van der Waals surface area (Å²) in [6, 6.07) is 1.65. The zero-order valence-electron chi connectivity index (χ0n) is 15.5. The molecule has 1 saturated heterocycles. The van der Waals surface area contributed by atoms with Gasteiger partial charge in [-0.15, -0.1) is 0 Å². The Balaban J connectivity index is 1.63. The Kier molecular flexibility index (Phi) is 4.12. The Bertz CT molecular complexity index is 1020. The van der Waals surface area contributed by atoms with Crippen molar-refractivity contribution in [2.24, 2.45) is 16.6 Å². The van der Waals surface area contributed by atoms with Gasteiger partial charge in [-0.05, 0) is 38.2 Å². The summed E-state index contributed by atoms with van der Waals surface area (Å²) in [5, 5.41) is 17.5. The number of allylic oxidation sites excluding steroid dienone is 4. The SMILES string of the molecule is Cc1cc([C@](C)(O)C#CC2=CC=C3OCC4CN=C(C(N)=O)NC34C=C2)no1. The predicted octanol–water partition coefficient (Wildman–Crippen LogP) is 0.446. The number of hydrogen-bond acceptors (Lipinski definition) is 7. The van der Waals surface area contributed by atoms with Gasteiger partial charge in [0.2, 0.25) is 0 Å². The number of aryl methyl sites for hydroxylation is 1. The van der Waals surface area contributed by atoms with Crippen molar-refractivity contribution in [1.82, 2.24) is 10.5 Å². The number of aromatic nitrogens is 1. The van der Waals surface area contributed by atoms with Gasteiger partial charge in [0.05, 0.1) is 13.2 Å². The van der Waals surface area contributed by atoms with Crippen LogP contribution in [0.1, 0.15) is 18.4 Å². The molecule has 1 fully saturated rings. The van der Waals surface area contributed by atoms with E-state index in [4.69, 9.17) is 15.0 Å². The average Bonchev–Trinajstić information content (AvgIpc) is 3.21. The first-order chi connectivity index (χ1) is 13.3. The summed E-state index contributed by atoms with van der Waals surface area (Å²) in [6.45, 7) is 4.24. The molecule has 0 aromatic carbocycles. The van der Waals surface area contributed by atoms with Crippen molar-refractivity contribution in [1.29, 1.82) is 0 Å². The third-order valence-electron chi connectivity index (χ3n) is 5.04. The van der Waals surface area contributed by atoms with Crippen molar-refractivity contribution in [3.8, 4) is 11.8 Å². The van der Waals surface area contributed by atoms with Gasteiger partial charge in [-0.1, -0.05) is 17.0 Å². The molecule has 2 unspecified atom stereocenters. The molecule has 28 heavy (non-hydrogen) atoms. The van der Waals surface area contributed by atoms with Crippen LogP contribution in [0.5, 0.6) is 0 Å². The molecule has 8 nitrogen and oxygen atoms in total. The number of hydrogen-bond donors (Lipinski definition) is 3. The maximum absolute atomic E-state index is 11.6. The number of primary amides is 1. The summed E-state index contributed by atoms with van der Waals surface area (Å²) >= 11 is 0. The molecule has 4 rings (SSSR count). The van der Waals surface area contributed by atoms with Gasteiger partial charge in [-0.2, -0.15) is 0 Å². The lowest BCUT2D eigenvalue weighted by molar-refractivity contribution is -0.112. The number of nitrogens with one attached hydrogen (secondary N) is 1. The predicted molar refractivity (Wildman–Crippen MR) is 101 cm³/mol. The number of nitrogens with two attached hydrogens (primary N) is 1. The Morgan fingerprint density at radius 3 is 3.04 bits per heavy atom. The molecule has 3 aliphatic rings. The quantitative estimate of drug-likeness (QED) is 0.640. The largest absolute Gasteiger partial charge is 0.495 e. The minimum Gasteiger partial charge on any atom is -0.495 e. The maximum atomic E-state index is 11.6. The van der Waals surface area contributed by atoms with Gasteiger partial charge in [0.1, 0.15) is 22.8 Å². The lowest BCUT2D eigenvalue weighted by Gasteiger charge is -2.35. The van der Waals surface area contributed by atoms with Crippen molar-refractivity contribution in [2.45, 2.75) is 25.0 Å². The smallest absolute Gasteiger partial charge is 0.283 e. The second-order valence-electron chi connectivity index (χ2n) is 7.19. The van der Waals surface area contributed by atoms with Crippen LogP contribution in [-0.2, 0) is 15.1 Å². The van der Waals surface area contributed by atoms with Crippen molar-refractivity contribution in [3.63, 3.8) is 0 Å². The first-order valence-electron chi connectivity index (χ1n) is 8.86. The Morgan fingerprint density at radius 1 is 1.50 bits per heavy atom. The number of aliphatic hydroxyl groups is 1. The summed E-state index contributed by atoms with van der Waals surface area (Å²) in [5.41, 5.74) is 4.28. The standard InChI is InChI=1S/C20H20N4O4/c1-12-9-15(24-28-12)19(2,26)7-5-13-3-4-16-20(8-6-13)14(11-27-16)10-22-18(23-20)17(21)25/h3-4,6,8-9,14,26H,10-11H2,1-2H3,(H2,21,25)(H,22,23)/t14?,19-,20?/m1/s1. The minimum atomic E-state index is -1.45. The van der Waals surface area contributed by atoms with E-state index in [2.05, 4.69) is 27.3 Å². The Hall–Kier alpha value is -3.31. The highest BCUT2D eigenvalue weighted by molar-refractivity contribution is 6.37. The molecule has 0 bridgehead atoms. The maximum Gasteiger partial charge on any atom is 0.283 e. The monoisotopic (exact) mass is 380 g/mol. The van der Waals surface area contributed by atoms with Gasteiger partial charge < -0.3 is 25.4 Å². The fourth-order valence-electron chi connectivity index (χ4n) is 3.40. The van der Waals surface area contributed by atoms with Gasteiger partial charge in [0.15, 0.2) is 11.4 Å². The number of carbonyl (C=O) groups excluding carboxylic acids is 1. The summed E-state index contributed by atoms with van der Waals surface area (Å²) < 4.78 is 10.8. The molecule has 8 heteroatoms. The topological polar surface area (TPSA) is 123 Å². The van der Waals surface area contributed by atoms with Crippen LogP contribution in [0.25, 0.3) is 0 Å². The molecule has 2 aliphatic heterocycles. The zero-order chi connectivity index (χ0) is 19.9. The molecule has 1 aromatic heterocycles. The highest BCUT2D eigenvalue weighted by Gasteiger charge is 2.50. The van der Waals surface area contributed by atoms with Crippen LogP contribution in [0.2, 0.25) is 0 Å². The van der Waals surface area contributed by atoms with Gasteiger partial charge in [0.25, 0.3) is 5.91 Å². The van der Waals surface area contributed by atoms with E-state index in [1.165, 1.54) is 0 Å². The van der Waals surface area contributed by atoms with Crippen molar-refractivity contribution < 1.29 is 19.2 Å². The molecule has 1 aliphatic carbocycles. The number of aliphatic imine (C=N–C) groups is 1. The van der Waals surface area contributed by atoms with E-state index < -0.39 is 17.0 Å². The number of ether oxygens (including phenoxy) is 1. The summed E-state index contributed by atoms with van der Waals surface area (Å²) in [4.78, 5) is 15.8. The van der Waals surface area contributed by atoms with Gasteiger partial charge in [-0.3, -0.25) is 9.79 Å². The molecule has 4 N–H and O–H groups in total. The lowest BCUT2D eigenvalue weighted by Crippen LogP contribution is -2.58. The lowest BCUT2D eigenvalue weighted by atomic mass is 9.82. The molecule has 144 valence electrons. The molecular weight excluding hydrogens is 360 g/mol. The fraction of sp³-hybridized carbons (Fsp3) is 0.350. The summed E-state index contributed by atoms with van der Waals surface area (Å²) in [7, 11) is 0. The van der Waals surface area contributed by atoms with Crippen LogP contribution in [0, 0.1) is 24.7 Å². The zero-order valence-corrected chi connectivity index (χ0v) is 15.5. The van der Waals surface area contributed by atoms with Crippen LogP contribution >= 0.6 is 0 Å². The molecular formula is C20H20N4O4. The number of carbonyl (C=O) groups is 1. The van der Waals surface area contributed by atoms with Crippen LogP contribution in [0.4, 0.5) is 0 Å². The van der Waals surface area contributed by atoms with E-state index in [-0.39, 0.29) is 11.8 Å². The van der Waals surface area contributed by atoms with E-state index in [1.54, 1.807) is 26.0 Å². The number of rotatable bonds is 2. The first-order valence-corrected chi connectivity index (χ1v) is 8.86. The summed E-state index contributed by atoms with van der Waals surface area (Å²) in [5.74, 6) is 6.64. The fourth-order valence-corrected chi connectivity index (χ4v) is 3.40. The van der Waals surface area contributed by atoms with Crippen molar-refractivity contribution in [3.05, 3.63) is 53.2 Å². The normalized spacial score (nSPS) is 27.2. The van der Waals surface area contributed by atoms with Crippen molar-refractivity contribution in [2.75, 3.05) is 13.2 Å².